The molecule has 1 amide bonds. The van der Waals surface area contributed by atoms with Gasteiger partial charge in [0, 0.05) is 12.7 Å². The zero-order valence-electron chi connectivity index (χ0n) is 14.9. The van der Waals surface area contributed by atoms with Crippen LogP contribution in [0, 0.1) is 6.92 Å². The van der Waals surface area contributed by atoms with Crippen LogP contribution in [0.2, 0.25) is 5.02 Å². The Morgan fingerprint density at radius 3 is 3.00 bits per heavy atom. The number of halogens is 1. The minimum absolute atomic E-state index is 0.0358. The lowest BCUT2D eigenvalue weighted by Crippen LogP contribution is -2.37. The van der Waals surface area contributed by atoms with Crippen molar-refractivity contribution in [1.29, 1.82) is 0 Å². The van der Waals surface area contributed by atoms with Crippen molar-refractivity contribution in [1.82, 2.24) is 10.1 Å². The van der Waals surface area contributed by atoms with Gasteiger partial charge in [-0.3, -0.25) is 9.69 Å². The number of fused-ring (bicyclic) bond motifs is 1. The van der Waals surface area contributed by atoms with Gasteiger partial charge in [-0.05, 0) is 31.9 Å². The Labute approximate surface area is 164 Å². The van der Waals surface area contributed by atoms with Gasteiger partial charge >= 0.3 is 0 Å². The van der Waals surface area contributed by atoms with E-state index in [0.717, 1.165) is 17.5 Å². The van der Waals surface area contributed by atoms with Crippen molar-refractivity contribution in [3.63, 3.8) is 0 Å². The van der Waals surface area contributed by atoms with Crippen LogP contribution in [0.5, 0.6) is 5.75 Å². The zero-order chi connectivity index (χ0) is 19.0. The second-order valence-corrected chi connectivity index (χ2v) is 7.68. The van der Waals surface area contributed by atoms with Crippen molar-refractivity contribution in [2.24, 2.45) is 0 Å². The Kier molecular flexibility index (Phi) is 5.03. The summed E-state index contributed by atoms with van der Waals surface area (Å²) in [6.07, 6.45) is 1.85. The molecule has 1 aliphatic heterocycles. The molecule has 1 atom stereocenters. The van der Waals surface area contributed by atoms with Gasteiger partial charge in [0.15, 0.2) is 10.8 Å². The quantitative estimate of drug-likeness (QED) is 0.634. The minimum atomic E-state index is -0.281. The number of amides is 1. The molecule has 0 radical (unpaired) electrons. The van der Waals surface area contributed by atoms with Crippen molar-refractivity contribution in [2.45, 2.75) is 25.9 Å². The number of carbonyl (C=O) groups excluding carboxylic acids is 1. The fraction of sp³-hybridized carbons (Fsp3) is 0.389. The number of nitrogens with zero attached hydrogens (tertiary/aromatic N) is 3. The Balaban J connectivity index is 1.76. The smallest absolute Gasteiger partial charge is 0.282 e. The monoisotopic (exact) mass is 407 g/mol. The first-order chi connectivity index (χ1) is 13.1. The van der Waals surface area contributed by atoms with Crippen LogP contribution in [0.15, 0.2) is 22.7 Å². The van der Waals surface area contributed by atoms with E-state index in [1.54, 1.807) is 37.1 Å². The molecule has 3 heterocycles. The van der Waals surface area contributed by atoms with Crippen LogP contribution in [-0.2, 0) is 4.74 Å². The Bertz CT molecular complexity index is 980. The number of rotatable bonds is 5. The highest BCUT2D eigenvalue weighted by atomic mass is 35.5. The summed E-state index contributed by atoms with van der Waals surface area (Å²) >= 11 is 7.68. The largest absolute Gasteiger partial charge is 0.494 e. The Hall–Kier alpha value is -2.16. The Morgan fingerprint density at radius 1 is 1.48 bits per heavy atom. The molecule has 1 aliphatic rings. The van der Waals surface area contributed by atoms with Crippen LogP contribution in [0.4, 0.5) is 5.13 Å². The highest BCUT2D eigenvalue weighted by Crippen LogP contribution is 2.39. The van der Waals surface area contributed by atoms with Crippen molar-refractivity contribution >= 4 is 44.2 Å². The molecule has 7 nitrogen and oxygen atoms in total. The van der Waals surface area contributed by atoms with Crippen molar-refractivity contribution in [3.8, 4) is 5.75 Å². The van der Waals surface area contributed by atoms with Gasteiger partial charge in [0.25, 0.3) is 5.91 Å². The van der Waals surface area contributed by atoms with Gasteiger partial charge in [-0.25, -0.2) is 4.98 Å². The number of benzene rings is 1. The SMILES string of the molecule is COc1ccc(Cl)c2sc(N(CC3CCCO3)C(=O)c3cc(C)on3)nc12. The summed E-state index contributed by atoms with van der Waals surface area (Å²) in [5.41, 5.74) is 0.870. The third kappa shape index (κ3) is 3.52. The van der Waals surface area contributed by atoms with E-state index in [1.807, 2.05) is 0 Å². The summed E-state index contributed by atoms with van der Waals surface area (Å²) in [5.74, 6) is 0.902. The van der Waals surface area contributed by atoms with Gasteiger partial charge in [0.05, 0.1) is 29.5 Å². The van der Waals surface area contributed by atoms with Crippen LogP contribution < -0.4 is 9.64 Å². The molecule has 0 N–H and O–H groups in total. The lowest BCUT2D eigenvalue weighted by Gasteiger charge is -2.21. The summed E-state index contributed by atoms with van der Waals surface area (Å²) in [6, 6.07) is 5.14. The molecule has 0 spiro atoms. The summed E-state index contributed by atoms with van der Waals surface area (Å²) in [6.45, 7) is 2.84. The van der Waals surface area contributed by atoms with Gasteiger partial charge in [-0.2, -0.15) is 0 Å². The van der Waals surface area contributed by atoms with Crippen molar-refractivity contribution < 1.29 is 18.8 Å². The molecule has 1 fully saturated rings. The van der Waals surface area contributed by atoms with Crippen LogP contribution >= 0.6 is 22.9 Å². The lowest BCUT2D eigenvalue weighted by molar-refractivity contribution is 0.0910. The van der Waals surface area contributed by atoms with E-state index in [0.29, 0.717) is 40.3 Å². The van der Waals surface area contributed by atoms with Gasteiger partial charge in [0.2, 0.25) is 0 Å². The minimum Gasteiger partial charge on any atom is -0.494 e. The lowest BCUT2D eigenvalue weighted by atomic mass is 10.2. The molecule has 2 aromatic heterocycles. The number of aryl methyl sites for hydroxylation is 1. The second-order valence-electron chi connectivity index (χ2n) is 6.30. The molecule has 0 saturated carbocycles. The maximum absolute atomic E-state index is 13.1. The van der Waals surface area contributed by atoms with Crippen molar-refractivity contribution in [2.75, 3.05) is 25.2 Å². The van der Waals surface area contributed by atoms with Gasteiger partial charge in [-0.15, -0.1) is 0 Å². The number of ether oxygens (including phenoxy) is 2. The number of thiazole rings is 1. The highest BCUT2D eigenvalue weighted by Gasteiger charge is 2.29. The molecule has 1 unspecified atom stereocenters. The molecule has 142 valence electrons. The van der Waals surface area contributed by atoms with Gasteiger partial charge in [-0.1, -0.05) is 28.1 Å². The molecule has 4 rings (SSSR count). The number of hydrogen-bond donors (Lipinski definition) is 0. The Morgan fingerprint density at radius 2 is 2.33 bits per heavy atom. The predicted octanol–water partition coefficient (Wildman–Crippen LogP) is 4.08. The standard InChI is InChI=1S/C18H18ClN3O4S/c1-10-8-13(21-26-10)17(23)22(9-11-4-3-7-25-11)18-20-15-14(24-2)6-5-12(19)16(15)27-18/h5-6,8,11H,3-4,7,9H2,1-2H3. The van der Waals surface area contributed by atoms with E-state index in [4.69, 9.17) is 25.6 Å². The topological polar surface area (TPSA) is 77.7 Å². The predicted molar refractivity (Wildman–Crippen MR) is 103 cm³/mol. The molecular weight excluding hydrogens is 390 g/mol. The first-order valence-electron chi connectivity index (χ1n) is 8.56. The number of aromatic nitrogens is 2. The number of carbonyl (C=O) groups is 1. The first kappa shape index (κ1) is 18.2. The number of hydrogen-bond acceptors (Lipinski definition) is 7. The zero-order valence-corrected chi connectivity index (χ0v) is 16.5. The number of anilines is 1. The van der Waals surface area contributed by atoms with Crippen LogP contribution in [0.3, 0.4) is 0 Å². The number of methoxy groups -OCH3 is 1. The van der Waals surface area contributed by atoms with E-state index in [-0.39, 0.29) is 17.7 Å². The summed E-state index contributed by atoms with van der Waals surface area (Å²) in [5, 5.41) is 4.95. The first-order valence-corrected chi connectivity index (χ1v) is 9.76. The molecule has 1 saturated heterocycles. The van der Waals surface area contributed by atoms with E-state index in [9.17, 15) is 4.79 Å². The average Bonchev–Trinajstić information content (AvgIpc) is 3.40. The third-order valence-electron chi connectivity index (χ3n) is 4.40. The summed E-state index contributed by atoms with van der Waals surface area (Å²) < 4.78 is 17.0. The summed E-state index contributed by atoms with van der Waals surface area (Å²) in [7, 11) is 1.58. The molecule has 3 aromatic rings. The van der Waals surface area contributed by atoms with Crippen LogP contribution in [0.25, 0.3) is 10.2 Å². The normalized spacial score (nSPS) is 16.8. The maximum atomic E-state index is 13.1. The van der Waals surface area contributed by atoms with E-state index >= 15 is 0 Å². The second kappa shape index (κ2) is 7.46. The van der Waals surface area contributed by atoms with E-state index in [2.05, 4.69) is 10.1 Å². The molecule has 0 bridgehead atoms. The average molecular weight is 408 g/mol. The third-order valence-corrected chi connectivity index (χ3v) is 5.94. The van der Waals surface area contributed by atoms with Crippen LogP contribution in [0.1, 0.15) is 29.1 Å². The molecule has 0 aliphatic carbocycles. The summed E-state index contributed by atoms with van der Waals surface area (Å²) in [4.78, 5) is 19.3. The van der Waals surface area contributed by atoms with Gasteiger partial charge in [0.1, 0.15) is 17.0 Å². The molecular formula is C18H18ClN3O4S. The fourth-order valence-electron chi connectivity index (χ4n) is 3.07. The maximum Gasteiger partial charge on any atom is 0.282 e. The van der Waals surface area contributed by atoms with Gasteiger partial charge < -0.3 is 14.0 Å². The van der Waals surface area contributed by atoms with E-state index in [1.165, 1.54) is 11.3 Å². The van der Waals surface area contributed by atoms with Crippen LogP contribution in [-0.4, -0.2) is 42.4 Å². The van der Waals surface area contributed by atoms with E-state index < -0.39 is 0 Å². The molecule has 1 aromatic carbocycles. The fourth-order valence-corrected chi connectivity index (χ4v) is 4.33. The van der Waals surface area contributed by atoms with Crippen molar-refractivity contribution in [3.05, 3.63) is 34.7 Å². The molecule has 27 heavy (non-hydrogen) atoms. The highest BCUT2D eigenvalue weighted by molar-refractivity contribution is 7.23. The molecule has 9 heteroatoms.